The maximum atomic E-state index is 13.0. The zero-order valence-corrected chi connectivity index (χ0v) is 22.7. The Kier molecular flexibility index (Phi) is 3.84. The van der Waals surface area contributed by atoms with E-state index in [-0.39, 0.29) is 40.6 Å². The molecule has 0 radical (unpaired) electrons. The molecule has 37 heavy (non-hydrogen) atoms. The first-order valence-electron chi connectivity index (χ1n) is 12.1. The molecule has 0 amide bonds. The average molecular weight is 603 g/mol. The molecule has 8 aromatic rings. The monoisotopic (exact) mass is 605 g/mol. The van der Waals surface area contributed by atoms with E-state index in [0.29, 0.717) is 16.7 Å². The van der Waals surface area contributed by atoms with Gasteiger partial charge < -0.3 is 0 Å². The van der Waals surface area contributed by atoms with Gasteiger partial charge >= 0.3 is 223 Å². The van der Waals surface area contributed by atoms with Crippen LogP contribution in [0, 0.1) is 0 Å². The molecule has 9 rings (SSSR count). The van der Waals surface area contributed by atoms with E-state index in [1.54, 1.807) is 12.1 Å². The minimum absolute atomic E-state index is 0.0347. The fraction of sp³-hybridized carbons (Fsp3) is 0. The van der Waals surface area contributed by atoms with E-state index in [1.165, 1.54) is 56.3 Å². The molecule has 0 bridgehead atoms. The van der Waals surface area contributed by atoms with Crippen LogP contribution in [0.1, 0.15) is 25.2 Å². The van der Waals surface area contributed by atoms with Gasteiger partial charge in [-0.05, 0) is 0 Å². The van der Waals surface area contributed by atoms with Crippen LogP contribution in [-0.2, 0) is 0 Å². The summed E-state index contributed by atoms with van der Waals surface area (Å²) in [6.45, 7) is 0. The van der Waals surface area contributed by atoms with Crippen molar-refractivity contribution in [2.75, 3.05) is 0 Å². The number of carbonyl (C=O) groups is 2. The van der Waals surface area contributed by atoms with E-state index >= 15 is 0 Å². The number of Topliss-reactive ketones (excluding diaryl/α,β-unsaturated/α-hetero) is 2. The molecule has 0 atom stereocenters. The second kappa shape index (κ2) is 6.98. The number of hydrogen-bond acceptors (Lipinski definition) is 2. The molecule has 0 N–H and O–H groups in total. The van der Waals surface area contributed by atoms with E-state index in [9.17, 15) is 9.59 Å². The van der Waals surface area contributed by atoms with E-state index in [2.05, 4.69) is 65.1 Å². The summed E-state index contributed by atoms with van der Waals surface area (Å²) in [6.07, 6.45) is 1.87. The van der Waals surface area contributed by atoms with Crippen molar-refractivity contribution in [3.05, 3.63) is 106 Å². The second-order valence-corrected chi connectivity index (χ2v) is 14.0. The normalized spacial score (nSPS) is 14.0. The average Bonchev–Trinajstić information content (AvgIpc) is 3.64. The van der Waals surface area contributed by atoms with Gasteiger partial charge in [0.2, 0.25) is 0 Å². The molecule has 0 spiro atoms. The fourth-order valence-corrected chi connectivity index (χ4v) is 12.5. The topological polar surface area (TPSA) is 38.5 Å². The number of para-hydroxylation sites is 1. The van der Waals surface area contributed by atoms with Crippen molar-refractivity contribution in [3.63, 3.8) is 0 Å². The molecule has 0 saturated heterocycles. The van der Waals surface area contributed by atoms with Crippen LogP contribution < -0.4 is 0 Å². The van der Waals surface area contributed by atoms with Crippen molar-refractivity contribution in [1.29, 1.82) is 0 Å². The van der Waals surface area contributed by atoms with Crippen molar-refractivity contribution >= 4 is 103 Å². The van der Waals surface area contributed by atoms with Gasteiger partial charge in [0.05, 0.1) is 0 Å². The van der Waals surface area contributed by atoms with E-state index < -0.39 is 0 Å². The van der Waals surface area contributed by atoms with Gasteiger partial charge in [-0.1, -0.05) is 0 Å². The Balaban J connectivity index is 1.38. The third kappa shape index (κ3) is 2.48. The molecular formula is C32H15NO2Se2. The molecule has 4 heterocycles. The Hall–Kier alpha value is -3.72. The Morgan fingerprint density at radius 2 is 1.43 bits per heavy atom. The molecule has 0 aliphatic heterocycles. The zero-order valence-electron chi connectivity index (χ0n) is 19.2. The predicted molar refractivity (Wildman–Crippen MR) is 153 cm³/mol. The molecule has 4 aromatic carbocycles. The first-order chi connectivity index (χ1) is 18.2. The van der Waals surface area contributed by atoms with Gasteiger partial charge in [0.15, 0.2) is 0 Å². The summed E-state index contributed by atoms with van der Waals surface area (Å²) in [7, 11) is 0. The first-order valence-corrected chi connectivity index (χ1v) is 15.5. The summed E-state index contributed by atoms with van der Waals surface area (Å²) < 4.78 is 7.86. The quantitative estimate of drug-likeness (QED) is 0.119. The summed E-state index contributed by atoms with van der Waals surface area (Å²) in [6, 6.07) is 29.3. The molecule has 5 heteroatoms. The number of carbonyl (C=O) groups excluding carboxylic acids is 2. The van der Waals surface area contributed by atoms with Gasteiger partial charge in [0, 0.05) is 0 Å². The molecule has 172 valence electrons. The Labute approximate surface area is 222 Å². The van der Waals surface area contributed by atoms with E-state index in [1.807, 2.05) is 18.2 Å². The second-order valence-electron chi connectivity index (χ2n) is 9.60. The third-order valence-corrected chi connectivity index (χ3v) is 13.0. The van der Waals surface area contributed by atoms with E-state index in [0.717, 1.165) is 4.44 Å². The summed E-state index contributed by atoms with van der Waals surface area (Å²) in [5.41, 5.74) is 3.97. The van der Waals surface area contributed by atoms with Gasteiger partial charge in [-0.3, -0.25) is 0 Å². The van der Waals surface area contributed by atoms with Gasteiger partial charge in [0.25, 0.3) is 0 Å². The van der Waals surface area contributed by atoms with Crippen LogP contribution in [0.4, 0.5) is 0 Å². The molecule has 1 aliphatic rings. The number of fused-ring (bicyclic) bond motifs is 9. The predicted octanol–water partition coefficient (Wildman–Crippen LogP) is 6.72. The number of ketones is 2. The van der Waals surface area contributed by atoms with Gasteiger partial charge in [-0.2, -0.15) is 0 Å². The van der Waals surface area contributed by atoms with Crippen LogP contribution in [0.25, 0.3) is 62.3 Å². The Bertz CT molecular complexity index is 2310. The molecule has 0 saturated carbocycles. The van der Waals surface area contributed by atoms with Crippen LogP contribution in [0.15, 0.2) is 90.5 Å². The number of benzene rings is 4. The van der Waals surface area contributed by atoms with Crippen LogP contribution in [-0.4, -0.2) is 45.0 Å². The number of rotatable bonds is 1. The number of pyridine rings is 1. The standard InChI is InChI=1S/C32H15NO2Se2/c34-29-20-8-1-2-9-21(20)30(35)23(29)14-17-15-25-31(36-17)27-22-10-5-6-16-12-13-19-18-7-3-4-11-24(18)33(32(27)37-25)28(19)26(16)22/h1-15H. The van der Waals surface area contributed by atoms with Gasteiger partial charge in [0.1, 0.15) is 0 Å². The summed E-state index contributed by atoms with van der Waals surface area (Å²) >= 11 is 0.177. The number of nitrogens with zero attached hydrogens (tertiary/aromatic N) is 1. The van der Waals surface area contributed by atoms with Gasteiger partial charge in [-0.25, -0.2) is 0 Å². The van der Waals surface area contributed by atoms with Crippen LogP contribution in [0.3, 0.4) is 0 Å². The first kappa shape index (κ1) is 20.3. The molecule has 0 unspecified atom stereocenters. The summed E-state index contributed by atoms with van der Waals surface area (Å²) in [4.78, 5) is 26.0. The Morgan fingerprint density at radius 3 is 2.27 bits per heavy atom. The number of allylic oxidation sites excluding steroid dienone is 1. The molecule has 1 aliphatic carbocycles. The summed E-state index contributed by atoms with van der Waals surface area (Å²) in [5.74, 6) is -0.292. The van der Waals surface area contributed by atoms with Crippen molar-refractivity contribution in [2.45, 2.75) is 0 Å². The van der Waals surface area contributed by atoms with E-state index in [4.69, 9.17) is 0 Å². The van der Waals surface area contributed by atoms with Crippen LogP contribution in [0.5, 0.6) is 0 Å². The fourth-order valence-electron chi connectivity index (χ4n) is 6.15. The summed E-state index contributed by atoms with van der Waals surface area (Å²) in [5, 5.41) is 7.91. The van der Waals surface area contributed by atoms with Crippen LogP contribution >= 0.6 is 0 Å². The molecule has 4 aromatic heterocycles. The Morgan fingerprint density at radius 1 is 0.676 bits per heavy atom. The minimum atomic E-state index is -0.146. The number of aromatic nitrogens is 1. The molecule has 0 fully saturated rings. The van der Waals surface area contributed by atoms with Crippen molar-refractivity contribution < 1.29 is 9.59 Å². The van der Waals surface area contributed by atoms with Gasteiger partial charge in [-0.15, -0.1) is 0 Å². The molecular weight excluding hydrogens is 588 g/mol. The maximum absolute atomic E-state index is 13.0. The van der Waals surface area contributed by atoms with Crippen LogP contribution in [0.2, 0.25) is 0 Å². The van der Waals surface area contributed by atoms with Crippen molar-refractivity contribution in [2.24, 2.45) is 0 Å². The number of hydrogen-bond donors (Lipinski definition) is 0. The van der Waals surface area contributed by atoms with Crippen molar-refractivity contribution in [1.82, 2.24) is 4.40 Å². The third-order valence-electron chi connectivity index (χ3n) is 7.71. The zero-order chi connectivity index (χ0) is 24.4. The molecule has 3 nitrogen and oxygen atoms in total. The van der Waals surface area contributed by atoms with Crippen molar-refractivity contribution in [3.8, 4) is 0 Å². The SMILES string of the molecule is O=C1C(=Cc2cc3[se]c4c(c5cccc6ccc7c8ccccc8n4c7c65)c3[se]2)C(=O)c2ccccc21.